The predicted octanol–water partition coefficient (Wildman–Crippen LogP) is 2.73. The fraction of sp³-hybridized carbons (Fsp3) is 0.263. The molecule has 0 N–H and O–H groups in total. The van der Waals surface area contributed by atoms with Gasteiger partial charge in [0.1, 0.15) is 6.33 Å². The number of aryl methyl sites for hydroxylation is 2. The Morgan fingerprint density at radius 1 is 1.08 bits per heavy atom. The zero-order valence-corrected chi connectivity index (χ0v) is 14.7. The van der Waals surface area contributed by atoms with E-state index in [0.29, 0.717) is 18.7 Å². The number of amides is 1. The third-order valence-corrected chi connectivity index (χ3v) is 4.12. The van der Waals surface area contributed by atoms with Gasteiger partial charge in [-0.15, -0.1) is 0 Å². The lowest BCUT2D eigenvalue weighted by atomic mass is 10.1. The zero-order chi connectivity index (χ0) is 17.8. The highest BCUT2D eigenvalue weighted by Crippen LogP contribution is 2.18. The highest BCUT2D eigenvalue weighted by molar-refractivity contribution is 5.94. The molecule has 0 atom stereocenters. The first-order chi connectivity index (χ1) is 12.0. The van der Waals surface area contributed by atoms with Gasteiger partial charge in [0.2, 0.25) is 0 Å². The summed E-state index contributed by atoms with van der Waals surface area (Å²) in [6.45, 7) is 5.28. The number of rotatable bonds is 5. The zero-order valence-electron chi connectivity index (χ0n) is 14.7. The molecule has 0 saturated heterocycles. The van der Waals surface area contributed by atoms with Crippen molar-refractivity contribution >= 4 is 5.91 Å². The van der Waals surface area contributed by atoms with Gasteiger partial charge in [-0.2, -0.15) is 5.10 Å². The van der Waals surface area contributed by atoms with E-state index < -0.39 is 0 Å². The van der Waals surface area contributed by atoms with Crippen LogP contribution in [0.4, 0.5) is 0 Å². The van der Waals surface area contributed by atoms with E-state index in [2.05, 4.69) is 15.1 Å². The maximum Gasteiger partial charge on any atom is 0.253 e. The minimum absolute atomic E-state index is 0.00241. The molecular formula is C19H21N5O. The molecule has 0 radical (unpaired) electrons. The van der Waals surface area contributed by atoms with Crippen LogP contribution in [0.25, 0.3) is 11.1 Å². The van der Waals surface area contributed by atoms with Crippen molar-refractivity contribution in [2.75, 3.05) is 13.6 Å². The molecule has 0 saturated carbocycles. The minimum atomic E-state index is -0.00241. The Morgan fingerprint density at radius 2 is 1.76 bits per heavy atom. The van der Waals surface area contributed by atoms with Crippen molar-refractivity contribution in [3.63, 3.8) is 0 Å². The number of hydrogen-bond donors (Lipinski definition) is 0. The number of likely N-dealkylation sites (N-methyl/N-ethyl adjacent to an activating group) is 1. The van der Waals surface area contributed by atoms with E-state index in [1.807, 2.05) is 55.9 Å². The number of hydrogen-bond acceptors (Lipinski definition) is 4. The summed E-state index contributed by atoms with van der Waals surface area (Å²) in [6.07, 6.45) is 5.01. The molecule has 2 heterocycles. The van der Waals surface area contributed by atoms with Crippen LogP contribution in [0.5, 0.6) is 0 Å². The van der Waals surface area contributed by atoms with Gasteiger partial charge in [-0.3, -0.25) is 9.48 Å². The van der Waals surface area contributed by atoms with Crippen LogP contribution in [0, 0.1) is 13.8 Å². The van der Waals surface area contributed by atoms with Crippen molar-refractivity contribution in [1.29, 1.82) is 0 Å². The summed E-state index contributed by atoms with van der Waals surface area (Å²) in [4.78, 5) is 22.3. The molecule has 6 nitrogen and oxygen atoms in total. The molecule has 0 aliphatic carbocycles. The van der Waals surface area contributed by atoms with E-state index in [-0.39, 0.29) is 5.91 Å². The van der Waals surface area contributed by atoms with Gasteiger partial charge in [0.15, 0.2) is 0 Å². The normalized spacial score (nSPS) is 10.7. The van der Waals surface area contributed by atoms with Crippen molar-refractivity contribution in [3.05, 3.63) is 66.0 Å². The molecule has 2 aromatic heterocycles. The monoisotopic (exact) mass is 335 g/mol. The van der Waals surface area contributed by atoms with Crippen LogP contribution in [-0.4, -0.2) is 44.1 Å². The summed E-state index contributed by atoms with van der Waals surface area (Å²) in [7, 11) is 1.81. The molecule has 0 spiro atoms. The Hall–Kier alpha value is -3.02. The lowest BCUT2D eigenvalue weighted by molar-refractivity contribution is 0.0788. The average Bonchev–Trinajstić information content (AvgIpc) is 2.97. The molecule has 3 aromatic rings. The second-order valence-corrected chi connectivity index (χ2v) is 6.08. The first-order valence-corrected chi connectivity index (χ1v) is 8.16. The van der Waals surface area contributed by atoms with Crippen LogP contribution < -0.4 is 0 Å². The van der Waals surface area contributed by atoms with Crippen molar-refractivity contribution in [2.45, 2.75) is 20.4 Å². The van der Waals surface area contributed by atoms with E-state index in [0.717, 1.165) is 22.5 Å². The van der Waals surface area contributed by atoms with Gasteiger partial charge in [0.25, 0.3) is 5.91 Å². The van der Waals surface area contributed by atoms with Gasteiger partial charge < -0.3 is 4.90 Å². The van der Waals surface area contributed by atoms with Gasteiger partial charge in [-0.1, -0.05) is 12.1 Å². The van der Waals surface area contributed by atoms with Crippen molar-refractivity contribution in [1.82, 2.24) is 24.6 Å². The van der Waals surface area contributed by atoms with E-state index in [9.17, 15) is 4.79 Å². The average molecular weight is 335 g/mol. The molecule has 6 heteroatoms. The highest BCUT2D eigenvalue weighted by atomic mass is 16.2. The fourth-order valence-electron chi connectivity index (χ4n) is 2.72. The summed E-state index contributed by atoms with van der Waals surface area (Å²) in [5, 5.41) is 4.43. The summed E-state index contributed by atoms with van der Waals surface area (Å²) in [6, 6.07) is 9.55. The Kier molecular flexibility index (Phi) is 4.88. The Labute approximate surface area is 147 Å². The summed E-state index contributed by atoms with van der Waals surface area (Å²) < 4.78 is 1.93. The van der Waals surface area contributed by atoms with Gasteiger partial charge in [0.05, 0.1) is 12.2 Å². The summed E-state index contributed by atoms with van der Waals surface area (Å²) >= 11 is 0. The fourth-order valence-corrected chi connectivity index (χ4v) is 2.72. The second-order valence-electron chi connectivity index (χ2n) is 6.08. The molecule has 25 heavy (non-hydrogen) atoms. The topological polar surface area (TPSA) is 63.9 Å². The number of carbonyl (C=O) groups is 1. The number of aromatic nitrogens is 4. The molecule has 0 bridgehead atoms. The third kappa shape index (κ3) is 3.91. The Balaban J connectivity index is 1.65. The van der Waals surface area contributed by atoms with Crippen LogP contribution in [0.15, 0.2) is 49.1 Å². The molecule has 0 fully saturated rings. The first kappa shape index (κ1) is 16.8. The molecular weight excluding hydrogens is 314 g/mol. The Morgan fingerprint density at radius 3 is 2.36 bits per heavy atom. The number of carbonyl (C=O) groups excluding carboxylic acids is 1. The highest BCUT2D eigenvalue weighted by Gasteiger charge is 2.12. The van der Waals surface area contributed by atoms with Crippen molar-refractivity contribution in [2.24, 2.45) is 0 Å². The molecule has 0 aliphatic rings. The molecule has 0 aliphatic heterocycles. The number of benzene rings is 1. The summed E-state index contributed by atoms with van der Waals surface area (Å²) in [5.74, 6) is -0.00241. The second kappa shape index (κ2) is 7.25. The van der Waals surface area contributed by atoms with Crippen molar-refractivity contribution in [3.8, 4) is 11.1 Å². The maximum absolute atomic E-state index is 12.6. The van der Waals surface area contributed by atoms with Crippen LogP contribution in [0.1, 0.15) is 21.7 Å². The molecule has 1 amide bonds. The Bertz CT molecular complexity index is 855. The summed E-state index contributed by atoms with van der Waals surface area (Å²) in [5.41, 5.74) is 4.68. The van der Waals surface area contributed by atoms with Crippen LogP contribution in [-0.2, 0) is 6.54 Å². The van der Waals surface area contributed by atoms with Gasteiger partial charge >= 0.3 is 0 Å². The number of nitrogens with zero attached hydrogens (tertiary/aromatic N) is 5. The third-order valence-electron chi connectivity index (χ3n) is 4.12. The van der Waals surface area contributed by atoms with Crippen LogP contribution in [0.3, 0.4) is 0 Å². The smallest absolute Gasteiger partial charge is 0.253 e. The van der Waals surface area contributed by atoms with E-state index in [1.54, 1.807) is 17.3 Å². The molecule has 128 valence electrons. The van der Waals surface area contributed by atoms with Gasteiger partial charge in [-0.25, -0.2) is 9.97 Å². The van der Waals surface area contributed by atoms with Crippen LogP contribution >= 0.6 is 0 Å². The quantitative estimate of drug-likeness (QED) is 0.719. The first-order valence-electron chi connectivity index (χ1n) is 8.16. The van der Waals surface area contributed by atoms with Crippen LogP contribution in [0.2, 0.25) is 0 Å². The SMILES string of the molecule is Cc1cc(C)n(CCN(C)C(=O)c2ccc(-c3cncnc3)cc2)n1. The van der Waals surface area contributed by atoms with E-state index in [1.165, 1.54) is 6.33 Å². The van der Waals surface area contributed by atoms with E-state index >= 15 is 0 Å². The maximum atomic E-state index is 12.6. The predicted molar refractivity (Wildman–Crippen MR) is 96.1 cm³/mol. The van der Waals surface area contributed by atoms with Gasteiger partial charge in [0, 0.05) is 42.8 Å². The standard InChI is InChI=1S/C19H21N5O/c1-14-10-15(2)24(22-14)9-8-23(3)19(25)17-6-4-16(5-7-17)18-11-20-13-21-12-18/h4-7,10-13H,8-9H2,1-3H3. The lowest BCUT2D eigenvalue weighted by Gasteiger charge is -2.18. The van der Waals surface area contributed by atoms with Crippen molar-refractivity contribution < 1.29 is 4.79 Å². The van der Waals surface area contributed by atoms with Gasteiger partial charge in [-0.05, 0) is 37.6 Å². The molecule has 3 rings (SSSR count). The largest absolute Gasteiger partial charge is 0.340 e. The molecule has 0 unspecified atom stereocenters. The lowest BCUT2D eigenvalue weighted by Crippen LogP contribution is -2.30. The van der Waals surface area contributed by atoms with E-state index in [4.69, 9.17) is 0 Å². The molecule has 1 aromatic carbocycles. The minimum Gasteiger partial charge on any atom is -0.340 e.